The van der Waals surface area contributed by atoms with Gasteiger partial charge < -0.3 is 5.32 Å². The molecule has 0 heterocycles. The summed E-state index contributed by atoms with van der Waals surface area (Å²) in [6, 6.07) is 14.5. The van der Waals surface area contributed by atoms with Crippen LogP contribution >= 0.6 is 0 Å². The number of hydrogen-bond donors (Lipinski definition) is 1. The van der Waals surface area contributed by atoms with E-state index in [9.17, 15) is 4.39 Å². The lowest BCUT2D eigenvalue weighted by atomic mass is 10.1. The van der Waals surface area contributed by atoms with Crippen molar-refractivity contribution in [2.24, 2.45) is 0 Å². The maximum atomic E-state index is 13.7. The Labute approximate surface area is 112 Å². The summed E-state index contributed by atoms with van der Waals surface area (Å²) < 4.78 is 13.7. The van der Waals surface area contributed by atoms with Crippen LogP contribution in [0.2, 0.25) is 0 Å². The molecule has 2 nitrogen and oxygen atoms in total. The number of benzene rings is 2. The highest BCUT2D eigenvalue weighted by molar-refractivity contribution is 5.49. The highest BCUT2D eigenvalue weighted by Gasteiger charge is 2.04. The molecule has 0 saturated carbocycles. The van der Waals surface area contributed by atoms with Gasteiger partial charge in [0, 0.05) is 6.54 Å². The Balaban J connectivity index is 2.13. The van der Waals surface area contributed by atoms with Gasteiger partial charge >= 0.3 is 0 Å². The third-order valence-electron chi connectivity index (χ3n) is 3.07. The second-order valence-electron chi connectivity index (χ2n) is 4.28. The molecule has 0 aromatic heterocycles. The smallest absolute Gasteiger partial charge is 0.147 e. The fourth-order valence-electron chi connectivity index (χ4n) is 1.99. The summed E-state index contributed by atoms with van der Waals surface area (Å²) in [5, 5.41) is 11.8. The van der Waals surface area contributed by atoms with Gasteiger partial charge in [0.2, 0.25) is 0 Å². The van der Waals surface area contributed by atoms with Crippen molar-refractivity contribution in [3.63, 3.8) is 0 Å². The van der Waals surface area contributed by atoms with E-state index >= 15 is 0 Å². The first-order chi connectivity index (χ1) is 9.24. The zero-order valence-corrected chi connectivity index (χ0v) is 10.8. The van der Waals surface area contributed by atoms with Gasteiger partial charge in [0.1, 0.15) is 5.82 Å². The van der Waals surface area contributed by atoms with Crippen molar-refractivity contribution in [1.82, 2.24) is 0 Å². The molecule has 2 rings (SSSR count). The SMILES string of the molecule is CCc1ccccc1CNc1ccc(C#N)cc1F. The predicted octanol–water partition coefficient (Wildman–Crippen LogP) is 3.87. The molecule has 0 unspecified atom stereocenters. The minimum Gasteiger partial charge on any atom is -0.379 e. The number of nitrogens with zero attached hydrogens (tertiary/aromatic N) is 1. The van der Waals surface area contributed by atoms with Gasteiger partial charge in [0.25, 0.3) is 0 Å². The van der Waals surface area contributed by atoms with Crippen molar-refractivity contribution in [3.05, 3.63) is 65.0 Å². The van der Waals surface area contributed by atoms with Crippen LogP contribution in [0, 0.1) is 17.1 Å². The van der Waals surface area contributed by atoms with Crippen LogP contribution in [0.1, 0.15) is 23.6 Å². The molecule has 0 aliphatic carbocycles. The molecule has 0 spiro atoms. The van der Waals surface area contributed by atoms with Crippen LogP contribution in [0.3, 0.4) is 0 Å². The Morgan fingerprint density at radius 3 is 2.53 bits per heavy atom. The molecule has 0 fully saturated rings. The van der Waals surface area contributed by atoms with E-state index in [0.29, 0.717) is 17.8 Å². The van der Waals surface area contributed by atoms with Crippen LogP contribution in [0.15, 0.2) is 42.5 Å². The van der Waals surface area contributed by atoms with Crippen molar-refractivity contribution in [2.45, 2.75) is 19.9 Å². The molecule has 0 saturated heterocycles. The lowest BCUT2D eigenvalue weighted by Crippen LogP contribution is -2.04. The topological polar surface area (TPSA) is 35.8 Å². The monoisotopic (exact) mass is 254 g/mol. The van der Waals surface area contributed by atoms with Gasteiger partial charge in [-0.05, 0) is 35.7 Å². The van der Waals surface area contributed by atoms with Gasteiger partial charge in [-0.25, -0.2) is 4.39 Å². The summed E-state index contributed by atoms with van der Waals surface area (Å²) in [5.41, 5.74) is 3.17. The number of halogens is 1. The molecular weight excluding hydrogens is 239 g/mol. The molecule has 0 atom stereocenters. The van der Waals surface area contributed by atoms with Gasteiger partial charge in [-0.2, -0.15) is 5.26 Å². The lowest BCUT2D eigenvalue weighted by Gasteiger charge is -2.11. The number of aryl methyl sites for hydroxylation is 1. The first kappa shape index (κ1) is 13.1. The fourth-order valence-corrected chi connectivity index (χ4v) is 1.99. The molecule has 0 radical (unpaired) electrons. The Hall–Kier alpha value is -2.34. The first-order valence-corrected chi connectivity index (χ1v) is 6.25. The molecule has 0 aliphatic heterocycles. The van der Waals surface area contributed by atoms with E-state index in [-0.39, 0.29) is 0 Å². The average molecular weight is 254 g/mol. The van der Waals surface area contributed by atoms with Crippen molar-refractivity contribution in [2.75, 3.05) is 5.32 Å². The highest BCUT2D eigenvalue weighted by Crippen LogP contribution is 2.17. The number of nitriles is 1. The third-order valence-corrected chi connectivity index (χ3v) is 3.07. The molecule has 2 aromatic rings. The van der Waals surface area contributed by atoms with Gasteiger partial charge in [0.05, 0.1) is 17.3 Å². The Morgan fingerprint density at radius 2 is 1.89 bits per heavy atom. The fraction of sp³-hybridized carbons (Fsp3) is 0.188. The summed E-state index contributed by atoms with van der Waals surface area (Å²) in [4.78, 5) is 0. The molecule has 19 heavy (non-hydrogen) atoms. The van der Waals surface area contributed by atoms with Gasteiger partial charge in [-0.3, -0.25) is 0 Å². The first-order valence-electron chi connectivity index (χ1n) is 6.25. The summed E-state index contributed by atoms with van der Waals surface area (Å²) in [6.45, 7) is 2.67. The molecule has 0 aliphatic rings. The molecule has 2 aromatic carbocycles. The average Bonchev–Trinajstić information content (AvgIpc) is 2.46. The van der Waals surface area contributed by atoms with Gasteiger partial charge in [-0.15, -0.1) is 0 Å². The highest BCUT2D eigenvalue weighted by atomic mass is 19.1. The summed E-state index contributed by atoms with van der Waals surface area (Å²) in [6.07, 6.45) is 0.952. The number of rotatable bonds is 4. The maximum Gasteiger partial charge on any atom is 0.147 e. The van der Waals surface area contributed by atoms with Crippen LogP contribution in [-0.4, -0.2) is 0 Å². The molecule has 3 heteroatoms. The van der Waals surface area contributed by atoms with Crippen LogP contribution in [-0.2, 0) is 13.0 Å². The second-order valence-corrected chi connectivity index (χ2v) is 4.28. The van der Waals surface area contributed by atoms with E-state index in [1.165, 1.54) is 11.6 Å². The molecule has 0 amide bonds. The van der Waals surface area contributed by atoms with Crippen LogP contribution in [0.4, 0.5) is 10.1 Å². The lowest BCUT2D eigenvalue weighted by molar-refractivity contribution is 0.629. The summed E-state index contributed by atoms with van der Waals surface area (Å²) in [5.74, 6) is -0.395. The Morgan fingerprint density at radius 1 is 1.16 bits per heavy atom. The number of anilines is 1. The van der Waals surface area contributed by atoms with Crippen molar-refractivity contribution < 1.29 is 4.39 Å². The normalized spacial score (nSPS) is 9.95. The summed E-state index contributed by atoms with van der Waals surface area (Å²) >= 11 is 0. The zero-order chi connectivity index (χ0) is 13.7. The minimum absolute atomic E-state index is 0.331. The van der Waals surface area contributed by atoms with E-state index in [4.69, 9.17) is 5.26 Å². The molecule has 0 bridgehead atoms. The second kappa shape index (κ2) is 6.01. The van der Waals surface area contributed by atoms with Gasteiger partial charge in [-0.1, -0.05) is 31.2 Å². The van der Waals surface area contributed by atoms with E-state index < -0.39 is 5.82 Å². The van der Waals surface area contributed by atoms with E-state index in [0.717, 1.165) is 12.0 Å². The van der Waals surface area contributed by atoms with E-state index in [1.54, 1.807) is 12.1 Å². The van der Waals surface area contributed by atoms with Crippen LogP contribution in [0.25, 0.3) is 0 Å². The van der Waals surface area contributed by atoms with Crippen molar-refractivity contribution in [1.29, 1.82) is 5.26 Å². The third kappa shape index (κ3) is 3.11. The maximum absolute atomic E-state index is 13.7. The molecule has 96 valence electrons. The minimum atomic E-state index is -0.395. The Bertz CT molecular complexity index is 614. The zero-order valence-electron chi connectivity index (χ0n) is 10.8. The Kier molecular flexibility index (Phi) is 4.15. The van der Waals surface area contributed by atoms with Crippen LogP contribution < -0.4 is 5.32 Å². The van der Waals surface area contributed by atoms with Crippen LogP contribution in [0.5, 0.6) is 0 Å². The van der Waals surface area contributed by atoms with E-state index in [2.05, 4.69) is 18.3 Å². The van der Waals surface area contributed by atoms with Crippen molar-refractivity contribution >= 4 is 5.69 Å². The van der Waals surface area contributed by atoms with E-state index in [1.807, 2.05) is 24.3 Å². The largest absolute Gasteiger partial charge is 0.379 e. The predicted molar refractivity (Wildman–Crippen MR) is 74.3 cm³/mol. The number of hydrogen-bond acceptors (Lipinski definition) is 2. The molecule has 1 N–H and O–H groups in total. The standard InChI is InChI=1S/C16H15FN2/c1-2-13-5-3-4-6-14(13)11-19-16-8-7-12(10-18)9-15(16)17/h3-9,19H,2,11H2,1H3. The van der Waals surface area contributed by atoms with Gasteiger partial charge in [0.15, 0.2) is 0 Å². The summed E-state index contributed by atoms with van der Waals surface area (Å²) in [7, 11) is 0. The molecular formula is C16H15FN2. The quantitative estimate of drug-likeness (QED) is 0.899. The number of nitrogens with one attached hydrogen (secondary N) is 1. The van der Waals surface area contributed by atoms with Crippen molar-refractivity contribution in [3.8, 4) is 6.07 Å².